The second-order valence-electron chi connectivity index (χ2n) is 4.31. The summed E-state index contributed by atoms with van der Waals surface area (Å²) < 4.78 is 0. The summed E-state index contributed by atoms with van der Waals surface area (Å²) in [5.41, 5.74) is 0.984. The minimum atomic E-state index is 0.655. The molecule has 0 fully saturated rings. The van der Waals surface area contributed by atoms with Crippen LogP contribution in [-0.2, 0) is 6.42 Å². The first-order valence-corrected chi connectivity index (χ1v) is 6.92. The summed E-state index contributed by atoms with van der Waals surface area (Å²) >= 11 is 1.69. The number of rotatable bonds is 3. The highest BCUT2D eigenvalue weighted by atomic mass is 32.1. The third kappa shape index (κ3) is 2.42. The fourth-order valence-corrected chi connectivity index (χ4v) is 2.92. The normalized spacial score (nSPS) is 10.8. The number of anilines is 1. The molecule has 0 saturated heterocycles. The molecule has 0 aliphatic heterocycles. The molecule has 0 aliphatic carbocycles. The molecule has 0 spiro atoms. The van der Waals surface area contributed by atoms with Gasteiger partial charge in [-0.25, -0.2) is 9.97 Å². The Bertz CT molecular complexity index is 706. The standard InChI is InChI=1S/C14H14N4S/c1-9-7-11-13(15-2)17-12(18-14(11)19-9)8-10-5-3-4-6-16-10/h3-7H,8H2,1-2H3,(H,15,17,18). The third-order valence-electron chi connectivity index (χ3n) is 2.86. The van der Waals surface area contributed by atoms with Gasteiger partial charge in [0.15, 0.2) is 0 Å². The number of pyridine rings is 1. The van der Waals surface area contributed by atoms with Gasteiger partial charge in [-0.3, -0.25) is 4.98 Å². The van der Waals surface area contributed by atoms with E-state index in [0.717, 1.165) is 27.6 Å². The minimum absolute atomic E-state index is 0.655. The first kappa shape index (κ1) is 12.0. The molecular formula is C14H14N4S. The molecule has 3 rings (SSSR count). The Kier molecular flexibility index (Phi) is 3.13. The van der Waals surface area contributed by atoms with Crippen LogP contribution in [0.15, 0.2) is 30.5 Å². The van der Waals surface area contributed by atoms with E-state index in [1.165, 1.54) is 4.88 Å². The largest absolute Gasteiger partial charge is 0.372 e. The van der Waals surface area contributed by atoms with Gasteiger partial charge in [0.2, 0.25) is 0 Å². The molecule has 1 N–H and O–H groups in total. The van der Waals surface area contributed by atoms with Crippen LogP contribution in [0.2, 0.25) is 0 Å². The van der Waals surface area contributed by atoms with Gasteiger partial charge in [-0.05, 0) is 25.1 Å². The van der Waals surface area contributed by atoms with Gasteiger partial charge >= 0.3 is 0 Å². The maximum absolute atomic E-state index is 4.63. The molecule has 0 aromatic carbocycles. The number of hydrogen-bond acceptors (Lipinski definition) is 5. The van der Waals surface area contributed by atoms with Crippen LogP contribution in [0.4, 0.5) is 5.82 Å². The maximum Gasteiger partial charge on any atom is 0.138 e. The molecular weight excluding hydrogens is 256 g/mol. The minimum Gasteiger partial charge on any atom is -0.372 e. The van der Waals surface area contributed by atoms with E-state index in [0.29, 0.717) is 6.42 Å². The van der Waals surface area contributed by atoms with E-state index < -0.39 is 0 Å². The molecule has 3 heterocycles. The number of thiophene rings is 1. The molecule has 5 heteroatoms. The predicted octanol–water partition coefficient (Wildman–Crippen LogP) is 3.03. The van der Waals surface area contributed by atoms with Gasteiger partial charge in [-0.1, -0.05) is 6.07 Å². The maximum atomic E-state index is 4.63. The summed E-state index contributed by atoms with van der Waals surface area (Å²) in [7, 11) is 1.89. The van der Waals surface area contributed by atoms with Crippen molar-refractivity contribution >= 4 is 27.4 Å². The average Bonchev–Trinajstić information content (AvgIpc) is 2.79. The molecule has 0 bridgehead atoms. The van der Waals surface area contributed by atoms with E-state index in [1.54, 1.807) is 17.5 Å². The van der Waals surface area contributed by atoms with Gasteiger partial charge in [-0.15, -0.1) is 11.3 Å². The van der Waals surface area contributed by atoms with Crippen LogP contribution in [0.25, 0.3) is 10.2 Å². The van der Waals surface area contributed by atoms with Crippen LogP contribution in [0, 0.1) is 6.92 Å². The van der Waals surface area contributed by atoms with Crippen LogP contribution < -0.4 is 5.32 Å². The van der Waals surface area contributed by atoms with Gasteiger partial charge < -0.3 is 5.32 Å². The molecule has 0 amide bonds. The van der Waals surface area contributed by atoms with Crippen molar-refractivity contribution in [1.29, 1.82) is 0 Å². The van der Waals surface area contributed by atoms with Crippen LogP contribution in [0.5, 0.6) is 0 Å². The zero-order valence-corrected chi connectivity index (χ0v) is 11.7. The summed E-state index contributed by atoms with van der Waals surface area (Å²) in [6, 6.07) is 8.01. The molecule has 0 radical (unpaired) electrons. The Labute approximate surface area is 115 Å². The lowest BCUT2D eigenvalue weighted by Gasteiger charge is -2.05. The van der Waals surface area contributed by atoms with E-state index in [1.807, 2.05) is 25.2 Å². The van der Waals surface area contributed by atoms with Crippen LogP contribution in [-0.4, -0.2) is 22.0 Å². The number of nitrogens with zero attached hydrogens (tertiary/aromatic N) is 3. The van der Waals surface area contributed by atoms with Gasteiger partial charge in [0, 0.05) is 23.8 Å². The Hall–Kier alpha value is -2.01. The first-order valence-electron chi connectivity index (χ1n) is 6.11. The van der Waals surface area contributed by atoms with Crippen molar-refractivity contribution in [3.63, 3.8) is 0 Å². The smallest absolute Gasteiger partial charge is 0.138 e. The Balaban J connectivity index is 2.04. The van der Waals surface area contributed by atoms with Crippen molar-refractivity contribution in [3.8, 4) is 0 Å². The molecule has 0 aliphatic rings. The summed E-state index contributed by atoms with van der Waals surface area (Å²) in [5.74, 6) is 1.69. The lowest BCUT2D eigenvalue weighted by atomic mass is 10.2. The van der Waals surface area contributed by atoms with Crippen molar-refractivity contribution in [2.45, 2.75) is 13.3 Å². The van der Waals surface area contributed by atoms with E-state index in [-0.39, 0.29) is 0 Å². The summed E-state index contributed by atoms with van der Waals surface area (Å²) in [6.45, 7) is 2.09. The molecule has 3 aromatic rings. The second kappa shape index (κ2) is 4.93. The highest BCUT2D eigenvalue weighted by Crippen LogP contribution is 2.28. The van der Waals surface area contributed by atoms with Gasteiger partial charge in [0.25, 0.3) is 0 Å². The van der Waals surface area contributed by atoms with Gasteiger partial charge in [-0.2, -0.15) is 0 Å². The highest BCUT2D eigenvalue weighted by molar-refractivity contribution is 7.18. The molecule has 0 atom stereocenters. The summed E-state index contributed by atoms with van der Waals surface area (Å²) in [4.78, 5) is 15.8. The molecule has 0 saturated carbocycles. The topological polar surface area (TPSA) is 50.7 Å². The van der Waals surface area contributed by atoms with Crippen molar-refractivity contribution in [2.75, 3.05) is 12.4 Å². The van der Waals surface area contributed by atoms with E-state index >= 15 is 0 Å². The third-order valence-corrected chi connectivity index (χ3v) is 3.81. The monoisotopic (exact) mass is 270 g/mol. The van der Waals surface area contributed by atoms with E-state index in [2.05, 4.69) is 33.3 Å². The number of hydrogen-bond donors (Lipinski definition) is 1. The molecule has 0 unspecified atom stereocenters. The fourth-order valence-electron chi connectivity index (χ4n) is 2.02. The Morgan fingerprint density at radius 3 is 2.89 bits per heavy atom. The average molecular weight is 270 g/mol. The first-order chi connectivity index (χ1) is 9.26. The lowest BCUT2D eigenvalue weighted by Crippen LogP contribution is -2.02. The predicted molar refractivity (Wildman–Crippen MR) is 78.7 cm³/mol. The second-order valence-corrected chi connectivity index (χ2v) is 5.55. The molecule has 3 aromatic heterocycles. The van der Waals surface area contributed by atoms with E-state index in [9.17, 15) is 0 Å². The van der Waals surface area contributed by atoms with Crippen LogP contribution in [0.1, 0.15) is 16.4 Å². The lowest BCUT2D eigenvalue weighted by molar-refractivity contribution is 0.958. The summed E-state index contributed by atoms with van der Waals surface area (Å²) in [5, 5.41) is 4.24. The molecule has 4 nitrogen and oxygen atoms in total. The Morgan fingerprint density at radius 2 is 2.16 bits per heavy atom. The number of fused-ring (bicyclic) bond motifs is 1. The number of aromatic nitrogens is 3. The van der Waals surface area contributed by atoms with Crippen molar-refractivity contribution in [2.24, 2.45) is 0 Å². The van der Waals surface area contributed by atoms with Crippen molar-refractivity contribution in [1.82, 2.24) is 15.0 Å². The number of nitrogens with one attached hydrogen (secondary N) is 1. The zero-order chi connectivity index (χ0) is 13.2. The number of aryl methyl sites for hydroxylation is 1. The summed E-state index contributed by atoms with van der Waals surface area (Å²) in [6.07, 6.45) is 2.45. The molecule has 19 heavy (non-hydrogen) atoms. The van der Waals surface area contributed by atoms with Crippen molar-refractivity contribution in [3.05, 3.63) is 46.9 Å². The van der Waals surface area contributed by atoms with Gasteiger partial charge in [0.05, 0.1) is 11.8 Å². The highest BCUT2D eigenvalue weighted by Gasteiger charge is 2.10. The Morgan fingerprint density at radius 1 is 1.26 bits per heavy atom. The van der Waals surface area contributed by atoms with Crippen molar-refractivity contribution < 1.29 is 0 Å². The quantitative estimate of drug-likeness (QED) is 0.795. The molecule has 96 valence electrons. The van der Waals surface area contributed by atoms with E-state index in [4.69, 9.17) is 0 Å². The zero-order valence-electron chi connectivity index (χ0n) is 10.8. The van der Waals surface area contributed by atoms with Gasteiger partial charge in [0.1, 0.15) is 16.5 Å². The van der Waals surface area contributed by atoms with Crippen LogP contribution >= 0.6 is 11.3 Å². The fraction of sp³-hybridized carbons (Fsp3) is 0.214. The SMILES string of the molecule is CNc1nc(Cc2ccccn2)nc2sc(C)cc12. The van der Waals surface area contributed by atoms with Crippen LogP contribution in [0.3, 0.4) is 0 Å².